The second-order valence-electron chi connectivity index (χ2n) is 5.54. The lowest BCUT2D eigenvalue weighted by molar-refractivity contribution is -0.115. The van der Waals surface area contributed by atoms with Crippen molar-refractivity contribution in [2.45, 2.75) is 10.8 Å². The van der Waals surface area contributed by atoms with Crippen LogP contribution in [0.3, 0.4) is 0 Å². The number of carbonyl (C=O) groups excluding carboxylic acids is 2. The Hall–Kier alpha value is -1.86. The number of nitrogens with one attached hydrogen (secondary N) is 1. The van der Waals surface area contributed by atoms with E-state index in [1.54, 1.807) is 30.3 Å². The Bertz CT molecular complexity index is 961. The molecule has 3 rings (SSSR count). The molecule has 0 fully saturated rings. The highest BCUT2D eigenvalue weighted by molar-refractivity contribution is 8.01. The predicted octanol–water partition coefficient (Wildman–Crippen LogP) is 5.61. The van der Waals surface area contributed by atoms with Gasteiger partial charge in [-0.15, -0.1) is 11.3 Å². The fourth-order valence-electron chi connectivity index (χ4n) is 2.21. The molecule has 0 spiro atoms. The normalized spacial score (nSPS) is 10.6. The number of carbonyl (C=O) groups is 2. The molecule has 1 N–H and O–H groups in total. The van der Waals surface area contributed by atoms with Gasteiger partial charge in [0.2, 0.25) is 5.91 Å². The van der Waals surface area contributed by atoms with Crippen LogP contribution in [0.2, 0.25) is 10.0 Å². The Balaban J connectivity index is 1.52. The molecule has 8 heteroatoms. The number of thiazole rings is 1. The summed E-state index contributed by atoms with van der Waals surface area (Å²) in [5, 5.41) is 5.40. The number of amides is 1. The third-order valence-electron chi connectivity index (χ3n) is 3.50. The molecule has 3 aromatic rings. The van der Waals surface area contributed by atoms with Crippen molar-refractivity contribution >= 4 is 63.7 Å². The second-order valence-corrected chi connectivity index (χ2v) is 8.43. The first-order valence-electron chi connectivity index (χ1n) is 7.91. The topological polar surface area (TPSA) is 59.1 Å². The molecule has 0 bridgehead atoms. The number of halogens is 2. The quantitative estimate of drug-likeness (QED) is 0.386. The Morgan fingerprint density at radius 1 is 1.07 bits per heavy atom. The summed E-state index contributed by atoms with van der Waals surface area (Å²) in [4.78, 5) is 28.7. The van der Waals surface area contributed by atoms with E-state index in [-0.39, 0.29) is 18.1 Å². The van der Waals surface area contributed by atoms with Gasteiger partial charge in [-0.25, -0.2) is 4.98 Å². The monoisotopic (exact) mass is 436 g/mol. The number of thioether (sulfide) groups is 1. The van der Waals surface area contributed by atoms with Gasteiger partial charge in [0, 0.05) is 16.6 Å². The summed E-state index contributed by atoms with van der Waals surface area (Å²) < 4.78 is 0.761. The molecular weight excluding hydrogens is 423 g/mol. The number of rotatable bonds is 7. The van der Waals surface area contributed by atoms with Crippen LogP contribution in [-0.4, -0.2) is 22.4 Å². The molecule has 0 unspecified atom stereocenters. The third-order valence-corrected chi connectivity index (χ3v) is 6.31. The Kier molecular flexibility index (Phi) is 6.90. The maximum absolute atomic E-state index is 12.2. The van der Waals surface area contributed by atoms with Crippen LogP contribution in [-0.2, 0) is 11.2 Å². The van der Waals surface area contributed by atoms with Gasteiger partial charge >= 0.3 is 0 Å². The van der Waals surface area contributed by atoms with E-state index >= 15 is 0 Å². The summed E-state index contributed by atoms with van der Waals surface area (Å²) in [7, 11) is 0. The molecule has 138 valence electrons. The van der Waals surface area contributed by atoms with E-state index < -0.39 is 0 Å². The molecule has 27 heavy (non-hydrogen) atoms. The van der Waals surface area contributed by atoms with Crippen molar-refractivity contribution in [2.75, 3.05) is 11.1 Å². The van der Waals surface area contributed by atoms with Crippen LogP contribution >= 0.6 is 46.3 Å². The average molecular weight is 437 g/mol. The molecule has 0 saturated heterocycles. The fourth-order valence-corrected chi connectivity index (χ4v) is 4.25. The van der Waals surface area contributed by atoms with Crippen molar-refractivity contribution in [3.8, 4) is 0 Å². The molecule has 0 saturated carbocycles. The van der Waals surface area contributed by atoms with E-state index in [9.17, 15) is 9.59 Å². The molecule has 0 atom stereocenters. The molecule has 1 amide bonds. The van der Waals surface area contributed by atoms with Gasteiger partial charge in [-0.3, -0.25) is 9.59 Å². The largest absolute Gasteiger partial charge is 0.326 e. The molecule has 1 aromatic heterocycles. The van der Waals surface area contributed by atoms with Crippen LogP contribution in [0, 0.1) is 0 Å². The summed E-state index contributed by atoms with van der Waals surface area (Å²) in [6.07, 6.45) is 0.143. The van der Waals surface area contributed by atoms with E-state index in [4.69, 9.17) is 23.2 Å². The van der Waals surface area contributed by atoms with Gasteiger partial charge in [-0.2, -0.15) is 0 Å². The Labute approximate surface area is 174 Å². The van der Waals surface area contributed by atoms with E-state index in [0.717, 1.165) is 4.34 Å². The van der Waals surface area contributed by atoms with Crippen molar-refractivity contribution in [2.24, 2.45) is 0 Å². The zero-order chi connectivity index (χ0) is 19.2. The van der Waals surface area contributed by atoms with E-state index in [0.29, 0.717) is 32.7 Å². The van der Waals surface area contributed by atoms with Crippen LogP contribution in [0.4, 0.5) is 5.69 Å². The fraction of sp³-hybridized carbons (Fsp3) is 0.105. The zero-order valence-corrected chi connectivity index (χ0v) is 17.1. The maximum Gasteiger partial charge on any atom is 0.230 e. The van der Waals surface area contributed by atoms with Gasteiger partial charge in [0.05, 0.1) is 27.9 Å². The first kappa shape index (κ1) is 19.9. The number of ketones is 1. The number of anilines is 1. The van der Waals surface area contributed by atoms with Crippen molar-refractivity contribution in [1.82, 2.24) is 4.98 Å². The summed E-state index contributed by atoms with van der Waals surface area (Å²) in [6.45, 7) is 0. The highest BCUT2D eigenvalue weighted by atomic mass is 35.5. The minimum absolute atomic E-state index is 0.0507. The first-order chi connectivity index (χ1) is 13.0. The van der Waals surface area contributed by atoms with Gasteiger partial charge < -0.3 is 5.32 Å². The molecule has 0 radical (unpaired) electrons. The van der Waals surface area contributed by atoms with Crippen LogP contribution < -0.4 is 5.32 Å². The SMILES string of the molecule is O=C(Cc1csc(SCC(=O)c2ccccc2)n1)Nc1ccc(Cl)c(Cl)c1. The van der Waals surface area contributed by atoms with Crippen molar-refractivity contribution < 1.29 is 9.59 Å². The highest BCUT2D eigenvalue weighted by Gasteiger charge is 2.11. The number of aromatic nitrogens is 1. The number of hydrogen-bond acceptors (Lipinski definition) is 5. The maximum atomic E-state index is 12.2. The van der Waals surface area contributed by atoms with Crippen molar-refractivity contribution in [1.29, 1.82) is 0 Å². The zero-order valence-electron chi connectivity index (χ0n) is 13.9. The van der Waals surface area contributed by atoms with E-state index in [1.807, 2.05) is 23.6 Å². The van der Waals surface area contributed by atoms with Crippen LogP contribution in [0.5, 0.6) is 0 Å². The molecule has 0 aliphatic rings. The molecule has 1 heterocycles. The third kappa shape index (κ3) is 5.81. The number of nitrogens with zero attached hydrogens (tertiary/aromatic N) is 1. The van der Waals surface area contributed by atoms with Crippen LogP contribution in [0.1, 0.15) is 16.1 Å². The lowest BCUT2D eigenvalue weighted by atomic mass is 10.2. The van der Waals surface area contributed by atoms with Crippen molar-refractivity contribution in [3.05, 3.63) is 75.2 Å². The van der Waals surface area contributed by atoms with Gasteiger partial charge in [0.15, 0.2) is 10.1 Å². The van der Waals surface area contributed by atoms with Gasteiger partial charge in [0.25, 0.3) is 0 Å². The molecule has 0 aliphatic heterocycles. The van der Waals surface area contributed by atoms with Gasteiger partial charge in [0.1, 0.15) is 0 Å². The molecule has 2 aromatic carbocycles. The number of Topliss-reactive ketones (excluding diaryl/α,β-unsaturated/α-hetero) is 1. The summed E-state index contributed by atoms with van der Waals surface area (Å²) in [5.41, 5.74) is 1.92. The lowest BCUT2D eigenvalue weighted by Gasteiger charge is -2.05. The van der Waals surface area contributed by atoms with Gasteiger partial charge in [-0.05, 0) is 18.2 Å². The molecular formula is C19H14Cl2N2O2S2. The van der Waals surface area contributed by atoms with Gasteiger partial charge in [-0.1, -0.05) is 65.3 Å². The Morgan fingerprint density at radius 3 is 2.59 bits per heavy atom. The minimum Gasteiger partial charge on any atom is -0.326 e. The average Bonchev–Trinajstić information content (AvgIpc) is 3.10. The molecule has 0 aliphatic carbocycles. The lowest BCUT2D eigenvalue weighted by Crippen LogP contribution is -2.14. The first-order valence-corrected chi connectivity index (χ1v) is 10.5. The van der Waals surface area contributed by atoms with Crippen molar-refractivity contribution in [3.63, 3.8) is 0 Å². The smallest absolute Gasteiger partial charge is 0.230 e. The number of hydrogen-bond donors (Lipinski definition) is 1. The van der Waals surface area contributed by atoms with Crippen LogP contribution in [0.15, 0.2) is 58.3 Å². The standard InChI is InChI=1S/C19H14Cl2N2O2S2/c20-15-7-6-13(8-16(15)21)22-18(25)9-14-10-26-19(23-14)27-11-17(24)12-4-2-1-3-5-12/h1-8,10H,9,11H2,(H,22,25). The van der Waals surface area contributed by atoms with E-state index in [1.165, 1.54) is 23.1 Å². The second kappa shape index (κ2) is 9.37. The number of benzene rings is 2. The van der Waals surface area contributed by atoms with Crippen LogP contribution in [0.25, 0.3) is 0 Å². The summed E-state index contributed by atoms with van der Waals surface area (Å²) >= 11 is 14.6. The summed E-state index contributed by atoms with van der Waals surface area (Å²) in [5.74, 6) is 0.164. The van der Waals surface area contributed by atoms with E-state index in [2.05, 4.69) is 10.3 Å². The predicted molar refractivity (Wildman–Crippen MR) is 112 cm³/mol. The Morgan fingerprint density at radius 2 is 1.85 bits per heavy atom. The summed E-state index contributed by atoms with van der Waals surface area (Å²) in [6, 6.07) is 14.1. The minimum atomic E-state index is -0.199. The molecule has 4 nitrogen and oxygen atoms in total. The highest BCUT2D eigenvalue weighted by Crippen LogP contribution is 2.26.